The van der Waals surface area contributed by atoms with E-state index in [-0.39, 0.29) is 0 Å². The summed E-state index contributed by atoms with van der Waals surface area (Å²) in [7, 11) is -9.81. The van der Waals surface area contributed by atoms with Crippen LogP contribution in [0.2, 0.25) is 0 Å². The maximum absolute atomic E-state index is 11.1. The second kappa shape index (κ2) is 4.35. The van der Waals surface area contributed by atoms with Crippen molar-refractivity contribution in [1.82, 2.24) is 0 Å². The third kappa shape index (κ3) is 3.66. The zero-order chi connectivity index (χ0) is 12.4. The maximum Gasteiger partial charge on any atom is 0.282 e. The second-order valence-corrected chi connectivity index (χ2v) is 5.91. The highest BCUT2D eigenvalue weighted by Gasteiger charge is 2.38. The van der Waals surface area contributed by atoms with Crippen molar-refractivity contribution in [2.45, 2.75) is 17.4 Å². The summed E-state index contributed by atoms with van der Waals surface area (Å²) in [6.45, 7) is 0.694. The summed E-state index contributed by atoms with van der Waals surface area (Å²) in [5, 5.41) is -4.61. The molecule has 0 aromatic rings. The van der Waals surface area contributed by atoms with E-state index in [1.165, 1.54) is 0 Å². The van der Waals surface area contributed by atoms with Crippen LogP contribution in [-0.4, -0.2) is 48.5 Å². The third-order valence-electron chi connectivity index (χ3n) is 1.57. The summed E-state index contributed by atoms with van der Waals surface area (Å²) in [6, 6.07) is 0. The van der Waals surface area contributed by atoms with Gasteiger partial charge in [-0.3, -0.25) is 13.9 Å². The Morgan fingerprint density at radius 2 is 1.53 bits per heavy atom. The van der Waals surface area contributed by atoms with Gasteiger partial charge in [0.25, 0.3) is 20.2 Å². The first kappa shape index (κ1) is 14.2. The summed E-state index contributed by atoms with van der Waals surface area (Å²) < 4.78 is 58.7. The zero-order valence-corrected chi connectivity index (χ0v) is 9.03. The molecular formula is C5H8O8S2. The highest BCUT2D eigenvalue weighted by atomic mass is 32.2. The van der Waals surface area contributed by atoms with E-state index in [9.17, 15) is 26.4 Å². The van der Waals surface area contributed by atoms with Gasteiger partial charge in [-0.05, 0) is 6.92 Å². The molecule has 0 rings (SSSR count). The SMILES string of the molecule is CC(C(=O)C(C=O)S(=O)(=O)O)S(=O)(=O)O. The Morgan fingerprint density at radius 3 is 1.73 bits per heavy atom. The lowest BCUT2D eigenvalue weighted by molar-refractivity contribution is -0.121. The maximum atomic E-state index is 11.1. The second-order valence-electron chi connectivity index (χ2n) is 2.63. The highest BCUT2D eigenvalue weighted by Crippen LogP contribution is 2.07. The Bertz CT molecular complexity index is 457. The first-order valence-electron chi connectivity index (χ1n) is 3.43. The van der Waals surface area contributed by atoms with Gasteiger partial charge in [0, 0.05) is 0 Å². The predicted molar refractivity (Wildman–Crippen MR) is 47.4 cm³/mol. The molecule has 10 heteroatoms. The van der Waals surface area contributed by atoms with Crippen molar-refractivity contribution >= 4 is 32.3 Å². The van der Waals surface area contributed by atoms with Gasteiger partial charge in [-0.2, -0.15) is 16.8 Å². The molecule has 0 spiro atoms. The van der Waals surface area contributed by atoms with Crippen LogP contribution >= 0.6 is 0 Å². The summed E-state index contributed by atoms with van der Waals surface area (Å²) in [6.07, 6.45) is -0.417. The smallest absolute Gasteiger partial charge is 0.282 e. The summed E-state index contributed by atoms with van der Waals surface area (Å²) in [4.78, 5) is 21.2. The van der Waals surface area contributed by atoms with Crippen molar-refractivity contribution < 1.29 is 35.5 Å². The first-order chi connectivity index (χ1) is 6.51. The van der Waals surface area contributed by atoms with E-state index in [0.29, 0.717) is 6.92 Å². The van der Waals surface area contributed by atoms with Crippen LogP contribution in [0, 0.1) is 0 Å². The molecule has 0 amide bonds. The Morgan fingerprint density at radius 1 is 1.13 bits per heavy atom. The van der Waals surface area contributed by atoms with E-state index in [4.69, 9.17) is 9.11 Å². The van der Waals surface area contributed by atoms with E-state index < -0.39 is 42.8 Å². The fourth-order valence-corrected chi connectivity index (χ4v) is 1.83. The van der Waals surface area contributed by atoms with Crippen molar-refractivity contribution in [3.8, 4) is 0 Å². The molecule has 0 bridgehead atoms. The van der Waals surface area contributed by atoms with Crippen LogP contribution in [0.4, 0.5) is 0 Å². The van der Waals surface area contributed by atoms with Crippen molar-refractivity contribution in [3.05, 3.63) is 0 Å². The summed E-state index contributed by atoms with van der Waals surface area (Å²) in [5.74, 6) is -1.62. The molecule has 0 aliphatic rings. The largest absolute Gasteiger partial charge is 0.301 e. The molecule has 0 fully saturated rings. The minimum absolute atomic E-state index is 0.417. The topological polar surface area (TPSA) is 143 Å². The normalized spacial score (nSPS) is 16.7. The van der Waals surface area contributed by atoms with Gasteiger partial charge in [0.2, 0.25) is 5.25 Å². The summed E-state index contributed by atoms with van der Waals surface area (Å²) >= 11 is 0. The van der Waals surface area contributed by atoms with Gasteiger partial charge in [0.05, 0.1) is 0 Å². The molecular weight excluding hydrogens is 252 g/mol. The van der Waals surface area contributed by atoms with Crippen LogP contribution in [-0.2, 0) is 29.8 Å². The molecule has 0 saturated heterocycles. The number of hydrogen-bond donors (Lipinski definition) is 2. The molecule has 2 unspecified atom stereocenters. The van der Waals surface area contributed by atoms with Gasteiger partial charge in [0.1, 0.15) is 11.5 Å². The standard InChI is InChI=1S/C5H8O8S2/c1-3(14(8,9)10)5(7)4(2-6)15(11,12)13/h2-4H,1H3,(H,8,9,10)(H,11,12,13). The van der Waals surface area contributed by atoms with Gasteiger partial charge in [0.15, 0.2) is 5.78 Å². The lowest BCUT2D eigenvalue weighted by Crippen LogP contribution is -2.41. The van der Waals surface area contributed by atoms with Crippen molar-refractivity contribution in [2.75, 3.05) is 0 Å². The molecule has 88 valence electrons. The first-order valence-corrected chi connectivity index (χ1v) is 6.44. The van der Waals surface area contributed by atoms with E-state index in [1.54, 1.807) is 0 Å². The zero-order valence-electron chi connectivity index (χ0n) is 7.39. The lowest BCUT2D eigenvalue weighted by atomic mass is 10.2. The van der Waals surface area contributed by atoms with Crippen LogP contribution in [0.25, 0.3) is 0 Å². The Balaban J connectivity index is 5.27. The lowest BCUT2D eigenvalue weighted by Gasteiger charge is -2.10. The fraction of sp³-hybridized carbons (Fsp3) is 0.600. The Kier molecular flexibility index (Phi) is 4.10. The summed E-state index contributed by atoms with van der Waals surface area (Å²) in [5.41, 5.74) is 0. The molecule has 0 heterocycles. The van der Waals surface area contributed by atoms with Crippen molar-refractivity contribution in [3.63, 3.8) is 0 Å². The molecule has 0 saturated carbocycles. The van der Waals surface area contributed by atoms with E-state index in [2.05, 4.69) is 0 Å². The number of ketones is 1. The van der Waals surface area contributed by atoms with Gasteiger partial charge in [-0.1, -0.05) is 0 Å². The predicted octanol–water partition coefficient (Wildman–Crippen LogP) is -1.71. The molecule has 8 nitrogen and oxygen atoms in total. The molecule has 0 aliphatic carbocycles. The molecule has 0 radical (unpaired) electrons. The van der Waals surface area contributed by atoms with Crippen LogP contribution in [0.5, 0.6) is 0 Å². The molecule has 2 N–H and O–H groups in total. The number of aldehydes is 1. The quantitative estimate of drug-likeness (QED) is 0.338. The number of rotatable bonds is 5. The molecule has 15 heavy (non-hydrogen) atoms. The monoisotopic (exact) mass is 260 g/mol. The van der Waals surface area contributed by atoms with Crippen LogP contribution < -0.4 is 0 Å². The van der Waals surface area contributed by atoms with Gasteiger partial charge in [-0.25, -0.2) is 0 Å². The molecule has 0 aliphatic heterocycles. The number of Topliss-reactive ketones (excluding diaryl/α,β-unsaturated/α-hetero) is 1. The van der Waals surface area contributed by atoms with Crippen molar-refractivity contribution in [1.29, 1.82) is 0 Å². The average Bonchev–Trinajstić information content (AvgIpc) is 1.99. The van der Waals surface area contributed by atoms with E-state index in [1.807, 2.05) is 0 Å². The van der Waals surface area contributed by atoms with E-state index >= 15 is 0 Å². The van der Waals surface area contributed by atoms with Crippen molar-refractivity contribution in [2.24, 2.45) is 0 Å². The van der Waals surface area contributed by atoms with Gasteiger partial charge >= 0.3 is 0 Å². The average molecular weight is 260 g/mol. The molecule has 0 aromatic carbocycles. The van der Waals surface area contributed by atoms with Crippen LogP contribution in [0.3, 0.4) is 0 Å². The van der Waals surface area contributed by atoms with Crippen LogP contribution in [0.1, 0.15) is 6.92 Å². The fourth-order valence-electron chi connectivity index (χ4n) is 0.662. The van der Waals surface area contributed by atoms with Gasteiger partial charge < -0.3 is 4.79 Å². The minimum Gasteiger partial charge on any atom is -0.301 e. The Hall–Kier alpha value is -0.840. The number of carbonyl (C=O) groups excluding carboxylic acids is 2. The molecule has 0 aromatic heterocycles. The van der Waals surface area contributed by atoms with Crippen LogP contribution in [0.15, 0.2) is 0 Å². The van der Waals surface area contributed by atoms with Gasteiger partial charge in [-0.15, -0.1) is 0 Å². The highest BCUT2D eigenvalue weighted by molar-refractivity contribution is 7.89. The number of hydrogen-bond acceptors (Lipinski definition) is 6. The Labute approximate surface area is 85.8 Å². The van der Waals surface area contributed by atoms with E-state index in [0.717, 1.165) is 0 Å². The number of carbonyl (C=O) groups is 2. The third-order valence-corrected chi connectivity index (χ3v) is 3.68. The molecule has 2 atom stereocenters. The minimum atomic E-state index is -5.01.